The summed E-state index contributed by atoms with van der Waals surface area (Å²) in [5, 5.41) is 7.17. The molecule has 4 rings (SSSR count). The Balaban J connectivity index is 1.38. The first-order valence-corrected chi connectivity index (χ1v) is 8.95. The summed E-state index contributed by atoms with van der Waals surface area (Å²) in [6, 6.07) is 5.42. The molecular weight excluding hydrogens is 334 g/mol. The van der Waals surface area contributed by atoms with Crippen LogP contribution < -0.4 is 14.8 Å². The molecule has 1 aromatic heterocycles. The number of ether oxygens (including phenoxy) is 2. The second-order valence-electron chi connectivity index (χ2n) is 6.92. The van der Waals surface area contributed by atoms with Crippen LogP contribution in [0.15, 0.2) is 22.7 Å². The lowest BCUT2D eigenvalue weighted by atomic mass is 10.0. The lowest BCUT2D eigenvalue weighted by Crippen LogP contribution is -2.47. The molecule has 1 N–H and O–H groups in total. The van der Waals surface area contributed by atoms with Gasteiger partial charge in [-0.25, -0.2) is 0 Å². The van der Waals surface area contributed by atoms with Crippen LogP contribution in [0, 0.1) is 13.8 Å². The molecule has 0 spiro atoms. The lowest BCUT2D eigenvalue weighted by Gasteiger charge is -2.33. The van der Waals surface area contributed by atoms with Gasteiger partial charge in [0.25, 0.3) is 5.91 Å². The molecular formula is C19H23N3O4. The molecule has 26 heavy (non-hydrogen) atoms. The highest BCUT2D eigenvalue weighted by atomic mass is 16.7. The van der Waals surface area contributed by atoms with Gasteiger partial charge < -0.3 is 19.3 Å². The molecule has 2 aromatic rings. The van der Waals surface area contributed by atoms with Crippen LogP contribution in [0.3, 0.4) is 0 Å². The number of hydrogen-bond acceptors (Lipinski definition) is 6. The number of likely N-dealkylation sites (tertiary alicyclic amines) is 1. The molecule has 0 bridgehead atoms. The Labute approximate surface area is 152 Å². The van der Waals surface area contributed by atoms with Crippen molar-refractivity contribution in [1.82, 2.24) is 15.4 Å². The molecule has 7 nitrogen and oxygen atoms in total. The minimum atomic E-state index is -0.0764. The summed E-state index contributed by atoms with van der Waals surface area (Å²) < 4.78 is 15.9. The zero-order valence-electron chi connectivity index (χ0n) is 15.1. The molecule has 2 aliphatic rings. The highest BCUT2D eigenvalue weighted by molar-refractivity contribution is 5.95. The Hall–Kier alpha value is -2.54. The molecule has 1 aromatic carbocycles. The number of benzene rings is 1. The number of aryl methyl sites for hydroxylation is 2. The molecule has 2 aliphatic heterocycles. The first-order chi connectivity index (χ1) is 12.6. The van der Waals surface area contributed by atoms with Crippen molar-refractivity contribution in [2.24, 2.45) is 0 Å². The van der Waals surface area contributed by atoms with E-state index in [0.717, 1.165) is 49.5 Å². The van der Waals surface area contributed by atoms with Gasteiger partial charge in [0.15, 0.2) is 11.5 Å². The van der Waals surface area contributed by atoms with Crippen molar-refractivity contribution in [1.29, 1.82) is 0 Å². The maximum Gasteiger partial charge on any atom is 0.251 e. The number of hydrogen-bond donors (Lipinski definition) is 1. The van der Waals surface area contributed by atoms with Crippen LogP contribution in [0.4, 0.5) is 0 Å². The number of fused-ring (bicyclic) bond motifs is 1. The molecule has 1 saturated heterocycles. The summed E-state index contributed by atoms with van der Waals surface area (Å²) in [5.41, 5.74) is 2.68. The fraction of sp³-hybridized carbons (Fsp3) is 0.474. The molecule has 0 unspecified atom stereocenters. The van der Waals surface area contributed by atoms with Crippen LogP contribution in [-0.4, -0.2) is 41.9 Å². The maximum atomic E-state index is 12.6. The summed E-state index contributed by atoms with van der Waals surface area (Å²) in [4.78, 5) is 14.9. The lowest BCUT2D eigenvalue weighted by molar-refractivity contribution is 0.0900. The van der Waals surface area contributed by atoms with Gasteiger partial charge in [-0.1, -0.05) is 5.16 Å². The van der Waals surface area contributed by atoms with E-state index in [4.69, 9.17) is 14.0 Å². The normalized spacial score (nSPS) is 19.5. The van der Waals surface area contributed by atoms with Gasteiger partial charge in [-0.15, -0.1) is 0 Å². The molecule has 1 fully saturated rings. The number of carbonyl (C=O) groups is 1. The quantitative estimate of drug-likeness (QED) is 0.906. The fourth-order valence-electron chi connectivity index (χ4n) is 3.57. The van der Waals surface area contributed by atoms with Crippen LogP contribution in [0.25, 0.3) is 0 Å². The number of rotatable bonds is 4. The molecule has 3 heterocycles. The topological polar surface area (TPSA) is 76.8 Å². The monoisotopic (exact) mass is 357 g/mol. The van der Waals surface area contributed by atoms with E-state index in [-0.39, 0.29) is 18.7 Å². The van der Waals surface area contributed by atoms with Crippen molar-refractivity contribution >= 4 is 5.91 Å². The van der Waals surface area contributed by atoms with E-state index in [0.29, 0.717) is 17.1 Å². The average Bonchev–Trinajstić information content (AvgIpc) is 3.23. The predicted molar refractivity (Wildman–Crippen MR) is 94.3 cm³/mol. The van der Waals surface area contributed by atoms with E-state index in [9.17, 15) is 4.79 Å². The number of piperidine rings is 1. The summed E-state index contributed by atoms with van der Waals surface area (Å²) >= 11 is 0. The molecule has 1 amide bonds. The average molecular weight is 357 g/mol. The van der Waals surface area contributed by atoms with Gasteiger partial charge in [0, 0.05) is 30.3 Å². The zero-order chi connectivity index (χ0) is 18.1. The number of nitrogens with one attached hydrogen (secondary N) is 1. The molecule has 1 atom stereocenters. The molecule has 0 radical (unpaired) electrons. The second-order valence-corrected chi connectivity index (χ2v) is 6.92. The zero-order valence-corrected chi connectivity index (χ0v) is 15.1. The Morgan fingerprint density at radius 2 is 2.15 bits per heavy atom. The van der Waals surface area contributed by atoms with Crippen molar-refractivity contribution < 1.29 is 18.8 Å². The van der Waals surface area contributed by atoms with Crippen LogP contribution in [0.1, 0.15) is 40.2 Å². The van der Waals surface area contributed by atoms with Gasteiger partial charge in [-0.3, -0.25) is 9.69 Å². The van der Waals surface area contributed by atoms with Gasteiger partial charge in [0.2, 0.25) is 6.79 Å². The molecule has 7 heteroatoms. The largest absolute Gasteiger partial charge is 0.454 e. The van der Waals surface area contributed by atoms with E-state index in [1.807, 2.05) is 13.8 Å². The first-order valence-electron chi connectivity index (χ1n) is 8.95. The van der Waals surface area contributed by atoms with Crippen molar-refractivity contribution in [3.05, 3.63) is 40.8 Å². The van der Waals surface area contributed by atoms with E-state index in [1.165, 1.54) is 0 Å². The second kappa shape index (κ2) is 6.99. The summed E-state index contributed by atoms with van der Waals surface area (Å²) in [5.74, 6) is 2.10. The van der Waals surface area contributed by atoms with Gasteiger partial charge in [-0.05, 0) is 51.4 Å². The Kier molecular flexibility index (Phi) is 4.55. The van der Waals surface area contributed by atoms with E-state index >= 15 is 0 Å². The van der Waals surface area contributed by atoms with E-state index < -0.39 is 0 Å². The van der Waals surface area contributed by atoms with Crippen LogP contribution >= 0.6 is 0 Å². The van der Waals surface area contributed by atoms with Gasteiger partial charge in [0.05, 0.1) is 5.69 Å². The van der Waals surface area contributed by atoms with Gasteiger partial charge >= 0.3 is 0 Å². The van der Waals surface area contributed by atoms with Gasteiger partial charge in [-0.2, -0.15) is 0 Å². The fourth-order valence-corrected chi connectivity index (χ4v) is 3.57. The standard InChI is InChI=1S/C19H23N3O4/c1-12-16(13(2)26-21-12)10-22-7-3-4-15(9-22)20-19(23)14-5-6-17-18(8-14)25-11-24-17/h5-6,8,15H,3-4,7,9-11H2,1-2H3,(H,20,23)/t15-/m1/s1. The van der Waals surface area contributed by atoms with Crippen molar-refractivity contribution in [2.75, 3.05) is 19.9 Å². The number of amides is 1. The van der Waals surface area contributed by atoms with Crippen molar-refractivity contribution in [2.45, 2.75) is 39.3 Å². The van der Waals surface area contributed by atoms with E-state index in [2.05, 4.69) is 15.4 Å². The molecule has 138 valence electrons. The summed E-state index contributed by atoms with van der Waals surface area (Å²) in [6.45, 7) is 6.75. The minimum absolute atomic E-state index is 0.0764. The van der Waals surface area contributed by atoms with Crippen molar-refractivity contribution in [3.8, 4) is 11.5 Å². The third kappa shape index (κ3) is 3.39. The van der Waals surface area contributed by atoms with E-state index in [1.54, 1.807) is 18.2 Å². The first kappa shape index (κ1) is 16.9. The summed E-state index contributed by atoms with van der Waals surface area (Å²) in [6.07, 6.45) is 2.03. The van der Waals surface area contributed by atoms with Crippen LogP contribution in [0.2, 0.25) is 0 Å². The Morgan fingerprint density at radius 3 is 2.96 bits per heavy atom. The third-order valence-corrected chi connectivity index (χ3v) is 5.04. The van der Waals surface area contributed by atoms with Gasteiger partial charge in [0.1, 0.15) is 5.76 Å². The van der Waals surface area contributed by atoms with Crippen molar-refractivity contribution in [3.63, 3.8) is 0 Å². The van der Waals surface area contributed by atoms with Crippen LogP contribution in [0.5, 0.6) is 11.5 Å². The SMILES string of the molecule is Cc1noc(C)c1CN1CCC[C@@H](NC(=O)c2ccc3c(c2)OCO3)C1. The number of nitrogens with zero attached hydrogens (tertiary/aromatic N) is 2. The number of aromatic nitrogens is 1. The Bertz CT molecular complexity index is 798. The predicted octanol–water partition coefficient (Wildman–Crippen LogP) is 2.41. The summed E-state index contributed by atoms with van der Waals surface area (Å²) in [7, 11) is 0. The molecule has 0 aliphatic carbocycles. The third-order valence-electron chi connectivity index (χ3n) is 5.04. The Morgan fingerprint density at radius 1 is 1.31 bits per heavy atom. The van der Waals surface area contributed by atoms with Crippen LogP contribution in [-0.2, 0) is 6.54 Å². The highest BCUT2D eigenvalue weighted by Gasteiger charge is 2.24. The molecule has 0 saturated carbocycles. The smallest absolute Gasteiger partial charge is 0.251 e. The highest BCUT2D eigenvalue weighted by Crippen LogP contribution is 2.32. The minimum Gasteiger partial charge on any atom is -0.454 e. The maximum absolute atomic E-state index is 12.6. The number of carbonyl (C=O) groups excluding carboxylic acids is 1.